The number of ether oxygens (including phenoxy) is 3. The number of benzene rings is 1. The van der Waals surface area contributed by atoms with Gasteiger partial charge >= 0.3 is 6.16 Å². The lowest BCUT2D eigenvalue weighted by Crippen LogP contribution is -2.24. The summed E-state index contributed by atoms with van der Waals surface area (Å²) in [4.78, 5) is 20.7. The third-order valence-corrected chi connectivity index (χ3v) is 4.01. The Kier molecular flexibility index (Phi) is 5.59. The lowest BCUT2D eigenvalue weighted by atomic mass is 9.87. The van der Waals surface area contributed by atoms with E-state index in [0.29, 0.717) is 23.2 Å². The van der Waals surface area contributed by atoms with Gasteiger partial charge in [-0.05, 0) is 33.3 Å². The summed E-state index contributed by atoms with van der Waals surface area (Å²) in [5, 5.41) is 3.19. The van der Waals surface area contributed by atoms with Crippen molar-refractivity contribution in [3.05, 3.63) is 59.2 Å². The van der Waals surface area contributed by atoms with Crippen LogP contribution in [0.25, 0.3) is 0 Å². The van der Waals surface area contributed by atoms with E-state index in [0.717, 1.165) is 11.1 Å². The van der Waals surface area contributed by atoms with Gasteiger partial charge in [-0.2, -0.15) is 0 Å². The summed E-state index contributed by atoms with van der Waals surface area (Å²) in [6, 6.07) is 9.73. The van der Waals surface area contributed by atoms with Crippen molar-refractivity contribution in [3.63, 3.8) is 0 Å². The lowest BCUT2D eigenvalue weighted by molar-refractivity contribution is 0.0775. The van der Waals surface area contributed by atoms with Crippen LogP contribution in [0, 0.1) is 0 Å². The molecular formula is C20H23N3O4. The Morgan fingerprint density at radius 3 is 2.63 bits per heavy atom. The number of anilines is 1. The van der Waals surface area contributed by atoms with E-state index in [4.69, 9.17) is 14.2 Å². The van der Waals surface area contributed by atoms with Crippen LogP contribution in [0.1, 0.15) is 44.7 Å². The van der Waals surface area contributed by atoms with Gasteiger partial charge in [-0.3, -0.25) is 0 Å². The highest BCUT2D eigenvalue weighted by molar-refractivity contribution is 5.68. The molecule has 142 valence electrons. The van der Waals surface area contributed by atoms with Crippen molar-refractivity contribution in [2.45, 2.75) is 39.7 Å². The maximum Gasteiger partial charge on any atom is 0.513 e. The molecule has 27 heavy (non-hydrogen) atoms. The molecule has 1 aliphatic rings. The van der Waals surface area contributed by atoms with Crippen LogP contribution in [0.15, 0.2) is 48.1 Å². The number of rotatable bonds is 5. The van der Waals surface area contributed by atoms with Gasteiger partial charge in [-0.1, -0.05) is 30.3 Å². The van der Waals surface area contributed by atoms with E-state index >= 15 is 0 Å². The SMILES string of the molecule is CCOC(=O)OC1=C(C)Nc2ncnc(OC(C)C)c2C1c1ccccc1. The van der Waals surface area contributed by atoms with Gasteiger partial charge in [0.1, 0.15) is 17.9 Å². The highest BCUT2D eigenvalue weighted by atomic mass is 16.7. The van der Waals surface area contributed by atoms with Gasteiger partial charge < -0.3 is 19.5 Å². The number of allylic oxidation sites excluding steroid dienone is 2. The number of carbonyl (C=O) groups excluding carboxylic acids is 1. The number of hydrogen-bond donors (Lipinski definition) is 1. The van der Waals surface area contributed by atoms with Crippen LogP contribution in [-0.2, 0) is 9.47 Å². The zero-order valence-corrected chi connectivity index (χ0v) is 15.9. The molecule has 0 fully saturated rings. The minimum absolute atomic E-state index is 0.0677. The van der Waals surface area contributed by atoms with E-state index < -0.39 is 12.1 Å². The summed E-state index contributed by atoms with van der Waals surface area (Å²) in [5.74, 6) is 1.12. The van der Waals surface area contributed by atoms with Gasteiger partial charge in [0.2, 0.25) is 5.88 Å². The van der Waals surface area contributed by atoms with E-state index in [2.05, 4.69) is 15.3 Å². The van der Waals surface area contributed by atoms with Gasteiger partial charge in [0.05, 0.1) is 29.9 Å². The Morgan fingerprint density at radius 2 is 1.96 bits per heavy atom. The molecule has 0 radical (unpaired) electrons. The molecule has 3 rings (SSSR count). The maximum absolute atomic E-state index is 12.0. The van der Waals surface area contributed by atoms with Crippen molar-refractivity contribution in [3.8, 4) is 5.88 Å². The number of aromatic nitrogens is 2. The zero-order valence-electron chi connectivity index (χ0n) is 15.9. The molecule has 2 aromatic rings. The molecule has 1 aliphatic heterocycles. The molecule has 0 aliphatic carbocycles. The van der Waals surface area contributed by atoms with Gasteiger partial charge in [-0.15, -0.1) is 0 Å². The first kappa shape index (κ1) is 18.7. The molecule has 1 aromatic carbocycles. The van der Waals surface area contributed by atoms with Crippen molar-refractivity contribution in [2.75, 3.05) is 11.9 Å². The molecule has 1 unspecified atom stereocenters. The van der Waals surface area contributed by atoms with Crippen LogP contribution in [0.3, 0.4) is 0 Å². The van der Waals surface area contributed by atoms with Gasteiger partial charge in [-0.25, -0.2) is 14.8 Å². The average Bonchev–Trinajstić information content (AvgIpc) is 2.63. The van der Waals surface area contributed by atoms with E-state index in [1.165, 1.54) is 6.33 Å². The summed E-state index contributed by atoms with van der Waals surface area (Å²) >= 11 is 0. The first-order chi connectivity index (χ1) is 13.0. The first-order valence-corrected chi connectivity index (χ1v) is 8.90. The number of fused-ring (bicyclic) bond motifs is 1. The number of nitrogens with one attached hydrogen (secondary N) is 1. The second kappa shape index (κ2) is 8.07. The van der Waals surface area contributed by atoms with Crippen LogP contribution >= 0.6 is 0 Å². The molecular weight excluding hydrogens is 346 g/mol. The number of nitrogens with zero attached hydrogens (tertiary/aromatic N) is 2. The zero-order chi connectivity index (χ0) is 19.4. The Hall–Kier alpha value is -3.09. The van der Waals surface area contributed by atoms with Crippen LogP contribution < -0.4 is 10.1 Å². The van der Waals surface area contributed by atoms with Crippen molar-refractivity contribution in [1.82, 2.24) is 9.97 Å². The maximum atomic E-state index is 12.0. The topological polar surface area (TPSA) is 82.6 Å². The second-order valence-corrected chi connectivity index (χ2v) is 6.35. The average molecular weight is 369 g/mol. The van der Waals surface area contributed by atoms with Gasteiger partial charge in [0.25, 0.3) is 0 Å². The molecule has 0 saturated heterocycles. The lowest BCUT2D eigenvalue weighted by Gasteiger charge is -2.30. The molecule has 0 bridgehead atoms. The monoisotopic (exact) mass is 369 g/mol. The minimum atomic E-state index is -0.749. The number of carbonyl (C=O) groups is 1. The summed E-state index contributed by atoms with van der Waals surface area (Å²) in [6.07, 6.45) is 0.638. The number of hydrogen-bond acceptors (Lipinski definition) is 7. The fourth-order valence-corrected chi connectivity index (χ4v) is 2.98. The predicted molar refractivity (Wildman–Crippen MR) is 101 cm³/mol. The fourth-order valence-electron chi connectivity index (χ4n) is 2.98. The molecule has 1 N–H and O–H groups in total. The standard InChI is InChI=1S/C20H23N3O4/c1-5-25-20(24)27-17-13(4)23-18-16(15(17)14-9-7-6-8-10-14)19(22-11-21-18)26-12(2)3/h6-12,15H,5H2,1-4H3,(H,21,22,23). The smallest absolute Gasteiger partial charge is 0.475 e. The van der Waals surface area contributed by atoms with Gasteiger partial charge in [0.15, 0.2) is 0 Å². The van der Waals surface area contributed by atoms with E-state index in [1.54, 1.807) is 6.92 Å². The third kappa shape index (κ3) is 4.02. The largest absolute Gasteiger partial charge is 0.513 e. The molecule has 7 nitrogen and oxygen atoms in total. The Balaban J connectivity index is 2.14. The van der Waals surface area contributed by atoms with Crippen LogP contribution in [0.2, 0.25) is 0 Å². The fraction of sp³-hybridized carbons (Fsp3) is 0.350. The van der Waals surface area contributed by atoms with Crippen molar-refractivity contribution in [2.24, 2.45) is 0 Å². The van der Waals surface area contributed by atoms with E-state index in [9.17, 15) is 4.79 Å². The highest BCUT2D eigenvalue weighted by Crippen LogP contribution is 2.45. The quantitative estimate of drug-likeness (QED) is 0.790. The Bertz CT molecular complexity index is 850. The molecule has 1 atom stereocenters. The normalized spacial score (nSPS) is 15.8. The van der Waals surface area contributed by atoms with Crippen LogP contribution in [0.5, 0.6) is 5.88 Å². The third-order valence-electron chi connectivity index (χ3n) is 4.01. The van der Waals surface area contributed by atoms with Crippen molar-refractivity contribution < 1.29 is 19.0 Å². The predicted octanol–water partition coefficient (Wildman–Crippen LogP) is 4.23. The molecule has 0 spiro atoms. The van der Waals surface area contributed by atoms with Crippen LogP contribution in [0.4, 0.5) is 10.6 Å². The molecule has 2 heterocycles. The molecule has 0 amide bonds. The molecule has 0 saturated carbocycles. The van der Waals surface area contributed by atoms with E-state index in [-0.39, 0.29) is 12.7 Å². The second-order valence-electron chi connectivity index (χ2n) is 6.35. The summed E-state index contributed by atoms with van der Waals surface area (Å²) in [5.41, 5.74) is 2.34. The minimum Gasteiger partial charge on any atom is -0.475 e. The molecule has 1 aromatic heterocycles. The summed E-state index contributed by atoms with van der Waals surface area (Å²) < 4.78 is 16.5. The Labute approximate surface area is 158 Å². The van der Waals surface area contributed by atoms with E-state index in [1.807, 2.05) is 51.1 Å². The summed E-state index contributed by atoms with van der Waals surface area (Å²) in [7, 11) is 0. The molecule has 7 heteroatoms. The van der Waals surface area contributed by atoms with Gasteiger partial charge in [0, 0.05) is 0 Å². The first-order valence-electron chi connectivity index (χ1n) is 8.90. The van der Waals surface area contributed by atoms with Crippen molar-refractivity contribution >= 4 is 12.0 Å². The van der Waals surface area contributed by atoms with Crippen LogP contribution in [-0.4, -0.2) is 28.8 Å². The van der Waals surface area contributed by atoms with Crippen molar-refractivity contribution in [1.29, 1.82) is 0 Å². The highest BCUT2D eigenvalue weighted by Gasteiger charge is 2.35. The summed E-state index contributed by atoms with van der Waals surface area (Å²) in [6.45, 7) is 7.65. The Morgan fingerprint density at radius 1 is 1.22 bits per heavy atom.